The maximum Gasteiger partial charge on any atom is 0.317 e. The van der Waals surface area contributed by atoms with Crippen molar-refractivity contribution in [3.8, 4) is 0 Å². The fraction of sp³-hybridized carbons (Fsp3) is 0.846. The van der Waals surface area contributed by atoms with Crippen LogP contribution in [0.2, 0.25) is 0 Å². The quantitative estimate of drug-likeness (QED) is 0.752. The van der Waals surface area contributed by atoms with Gasteiger partial charge >= 0.3 is 6.03 Å². The van der Waals surface area contributed by atoms with Gasteiger partial charge in [0.2, 0.25) is 5.91 Å². The summed E-state index contributed by atoms with van der Waals surface area (Å²) in [7, 11) is 0. The molecule has 0 saturated carbocycles. The van der Waals surface area contributed by atoms with Gasteiger partial charge in [0.1, 0.15) is 0 Å². The highest BCUT2D eigenvalue weighted by molar-refractivity contribution is 5.77. The molecular formula is C13H24N4O2. The van der Waals surface area contributed by atoms with E-state index < -0.39 is 0 Å². The maximum absolute atomic E-state index is 12.0. The van der Waals surface area contributed by atoms with E-state index in [1.54, 1.807) is 0 Å². The summed E-state index contributed by atoms with van der Waals surface area (Å²) in [5.41, 5.74) is 5.55. The number of hydrogen-bond acceptors (Lipinski definition) is 3. The largest absolute Gasteiger partial charge is 0.343 e. The van der Waals surface area contributed by atoms with Crippen molar-refractivity contribution in [2.24, 2.45) is 11.7 Å². The average Bonchev–Trinajstić information content (AvgIpc) is 2.85. The number of rotatable bonds is 4. The first-order valence-corrected chi connectivity index (χ1v) is 7.14. The Kier molecular flexibility index (Phi) is 4.63. The molecule has 6 heteroatoms. The second-order valence-electron chi connectivity index (χ2n) is 5.58. The first-order chi connectivity index (χ1) is 9.11. The van der Waals surface area contributed by atoms with E-state index in [0.717, 1.165) is 39.0 Å². The first-order valence-electron chi connectivity index (χ1n) is 7.14. The molecule has 2 heterocycles. The molecule has 2 rings (SSSR count). The molecule has 0 aromatic carbocycles. The monoisotopic (exact) mass is 268 g/mol. The molecule has 0 aromatic heterocycles. The van der Waals surface area contributed by atoms with Crippen LogP contribution in [0.1, 0.15) is 26.2 Å². The molecule has 2 aliphatic rings. The summed E-state index contributed by atoms with van der Waals surface area (Å²) >= 11 is 0. The molecule has 108 valence electrons. The summed E-state index contributed by atoms with van der Waals surface area (Å²) in [6, 6.07) is 0.333. The lowest BCUT2D eigenvalue weighted by Gasteiger charge is -2.36. The van der Waals surface area contributed by atoms with E-state index in [1.807, 2.05) is 16.7 Å². The van der Waals surface area contributed by atoms with Gasteiger partial charge < -0.3 is 20.9 Å². The van der Waals surface area contributed by atoms with Crippen LogP contribution in [-0.2, 0) is 4.79 Å². The van der Waals surface area contributed by atoms with Gasteiger partial charge in [0, 0.05) is 38.6 Å². The molecule has 2 aliphatic heterocycles. The summed E-state index contributed by atoms with van der Waals surface area (Å²) in [6.07, 6.45) is 2.30. The van der Waals surface area contributed by atoms with E-state index in [1.165, 1.54) is 0 Å². The minimum Gasteiger partial charge on any atom is -0.343 e. The Morgan fingerprint density at radius 3 is 2.63 bits per heavy atom. The van der Waals surface area contributed by atoms with Crippen LogP contribution in [0.4, 0.5) is 4.79 Å². The minimum atomic E-state index is 0.0431. The number of hydrogen-bond donors (Lipinski definition) is 2. The van der Waals surface area contributed by atoms with Gasteiger partial charge in [-0.25, -0.2) is 4.79 Å². The Morgan fingerprint density at radius 2 is 2.11 bits per heavy atom. The number of piperidine rings is 1. The van der Waals surface area contributed by atoms with Gasteiger partial charge in [-0.15, -0.1) is 0 Å². The highest BCUT2D eigenvalue weighted by Crippen LogP contribution is 2.19. The Balaban J connectivity index is 1.79. The summed E-state index contributed by atoms with van der Waals surface area (Å²) in [5, 5.41) is 2.83. The molecule has 3 N–H and O–H groups in total. The molecule has 0 radical (unpaired) electrons. The predicted octanol–water partition coefficient (Wildman–Crippen LogP) is -0.0125. The van der Waals surface area contributed by atoms with Gasteiger partial charge in [0.25, 0.3) is 0 Å². The lowest BCUT2D eigenvalue weighted by atomic mass is 10.0. The molecule has 0 aliphatic carbocycles. The Bertz CT molecular complexity index is 340. The minimum absolute atomic E-state index is 0.0431. The fourth-order valence-electron chi connectivity index (χ4n) is 2.77. The van der Waals surface area contributed by atoms with Gasteiger partial charge in [0.05, 0.1) is 0 Å². The molecule has 2 saturated heterocycles. The number of carbonyl (C=O) groups is 2. The number of likely N-dealkylation sites (tertiary alicyclic amines) is 1. The van der Waals surface area contributed by atoms with Crippen molar-refractivity contribution in [3.05, 3.63) is 0 Å². The van der Waals surface area contributed by atoms with Crippen LogP contribution < -0.4 is 11.1 Å². The van der Waals surface area contributed by atoms with E-state index in [-0.39, 0.29) is 17.9 Å². The summed E-state index contributed by atoms with van der Waals surface area (Å²) in [6.45, 7) is 5.60. The number of nitrogens with zero attached hydrogens (tertiary/aromatic N) is 2. The highest BCUT2D eigenvalue weighted by Gasteiger charge is 2.31. The smallest absolute Gasteiger partial charge is 0.317 e. The van der Waals surface area contributed by atoms with Crippen LogP contribution in [0.5, 0.6) is 0 Å². The molecule has 0 aromatic rings. The zero-order chi connectivity index (χ0) is 13.8. The van der Waals surface area contributed by atoms with E-state index in [4.69, 9.17) is 5.73 Å². The van der Waals surface area contributed by atoms with Crippen LogP contribution >= 0.6 is 0 Å². The number of nitrogens with two attached hydrogens (primary N) is 1. The van der Waals surface area contributed by atoms with Crippen LogP contribution in [0.25, 0.3) is 0 Å². The van der Waals surface area contributed by atoms with E-state index in [0.29, 0.717) is 19.0 Å². The Morgan fingerprint density at radius 1 is 1.42 bits per heavy atom. The van der Waals surface area contributed by atoms with Gasteiger partial charge in [-0.05, 0) is 25.3 Å². The molecule has 1 atom stereocenters. The van der Waals surface area contributed by atoms with Crippen molar-refractivity contribution in [3.63, 3.8) is 0 Å². The van der Waals surface area contributed by atoms with Crippen LogP contribution in [0, 0.1) is 5.92 Å². The number of nitrogens with one attached hydrogen (secondary N) is 1. The first kappa shape index (κ1) is 14.1. The van der Waals surface area contributed by atoms with E-state index >= 15 is 0 Å². The van der Waals surface area contributed by atoms with Crippen LogP contribution in [0.3, 0.4) is 0 Å². The van der Waals surface area contributed by atoms with Crippen LogP contribution in [-0.4, -0.2) is 60.5 Å². The van der Waals surface area contributed by atoms with Gasteiger partial charge in [-0.1, -0.05) is 6.92 Å². The van der Waals surface area contributed by atoms with Gasteiger partial charge in [0.15, 0.2) is 0 Å². The number of carbonyl (C=O) groups excluding carboxylic acids is 2. The zero-order valence-corrected chi connectivity index (χ0v) is 11.6. The summed E-state index contributed by atoms with van der Waals surface area (Å²) < 4.78 is 0. The topological polar surface area (TPSA) is 78.7 Å². The zero-order valence-electron chi connectivity index (χ0n) is 11.6. The van der Waals surface area contributed by atoms with Gasteiger partial charge in [-0.2, -0.15) is 0 Å². The molecule has 1 unspecified atom stereocenters. The predicted molar refractivity (Wildman–Crippen MR) is 72.5 cm³/mol. The van der Waals surface area contributed by atoms with Crippen molar-refractivity contribution in [2.75, 3.05) is 32.7 Å². The maximum atomic E-state index is 12.0. The average molecular weight is 268 g/mol. The normalized spacial score (nSPS) is 22.5. The Hall–Kier alpha value is -1.30. The summed E-state index contributed by atoms with van der Waals surface area (Å²) in [4.78, 5) is 27.5. The molecule has 0 bridgehead atoms. The van der Waals surface area contributed by atoms with Crippen molar-refractivity contribution in [2.45, 2.75) is 32.2 Å². The van der Waals surface area contributed by atoms with E-state index in [9.17, 15) is 9.59 Å². The third-order valence-corrected chi connectivity index (χ3v) is 4.07. The van der Waals surface area contributed by atoms with Crippen molar-refractivity contribution < 1.29 is 9.59 Å². The number of urea groups is 1. The van der Waals surface area contributed by atoms with E-state index in [2.05, 4.69) is 5.32 Å². The lowest BCUT2D eigenvalue weighted by molar-refractivity contribution is -0.133. The third kappa shape index (κ3) is 3.37. The molecule has 0 spiro atoms. The third-order valence-electron chi connectivity index (χ3n) is 4.07. The second kappa shape index (κ2) is 6.23. The van der Waals surface area contributed by atoms with Crippen molar-refractivity contribution in [1.29, 1.82) is 0 Å². The van der Waals surface area contributed by atoms with Crippen molar-refractivity contribution >= 4 is 11.9 Å². The molecular weight excluding hydrogens is 244 g/mol. The Labute approximate surface area is 114 Å². The molecule has 2 fully saturated rings. The number of amides is 3. The standard InChI is InChI=1S/C13H24N4O2/c1-10(9-14)8-12(18)16-5-2-11(3-6-16)17-7-4-15-13(17)19/h10-11H,2-9,14H2,1H3,(H,15,19). The second-order valence-corrected chi connectivity index (χ2v) is 5.58. The SMILES string of the molecule is CC(CN)CC(=O)N1CCC(N2CCNC2=O)CC1. The van der Waals surface area contributed by atoms with Crippen LogP contribution in [0.15, 0.2) is 0 Å². The fourth-order valence-corrected chi connectivity index (χ4v) is 2.77. The highest BCUT2D eigenvalue weighted by atomic mass is 16.2. The molecule has 3 amide bonds. The molecule has 6 nitrogen and oxygen atoms in total. The van der Waals surface area contributed by atoms with Crippen molar-refractivity contribution in [1.82, 2.24) is 15.1 Å². The molecule has 19 heavy (non-hydrogen) atoms. The van der Waals surface area contributed by atoms with Gasteiger partial charge in [-0.3, -0.25) is 4.79 Å². The lowest BCUT2D eigenvalue weighted by Crippen LogP contribution is -2.48. The summed E-state index contributed by atoms with van der Waals surface area (Å²) in [5.74, 6) is 0.442.